The number of quaternary nitrogens is 1. The van der Waals surface area contributed by atoms with Crippen LogP contribution in [0.4, 0.5) is 0 Å². The van der Waals surface area contributed by atoms with Gasteiger partial charge in [0, 0.05) is 19.3 Å². The monoisotopic (exact) mass is 951 g/mol. The minimum atomic E-state index is -0.877. The second-order valence-electron chi connectivity index (χ2n) is 19.4. The summed E-state index contributed by atoms with van der Waals surface area (Å²) >= 11 is 0. The maximum absolute atomic E-state index is 12.8. The SMILES string of the molecule is CC/C=C/C/C=C/C/C=C/C/C=C/C/C=C/CCCCCCCCCC(=O)OCC(COCCC(C(=O)O)[N+](C)(C)C)OC(=O)CCCCCCCCCCCCCCCC/C=C/C/C=C/CC. The van der Waals surface area contributed by atoms with E-state index in [1.807, 2.05) is 21.1 Å². The van der Waals surface area contributed by atoms with Crippen molar-refractivity contribution < 1.29 is 38.2 Å². The van der Waals surface area contributed by atoms with Crippen molar-refractivity contribution in [3.63, 3.8) is 0 Å². The number of hydrogen-bond acceptors (Lipinski definition) is 6. The Labute approximate surface area is 418 Å². The van der Waals surface area contributed by atoms with Crippen LogP contribution in [0.3, 0.4) is 0 Å². The summed E-state index contributed by atoms with van der Waals surface area (Å²) in [6.45, 7) is 4.53. The van der Waals surface area contributed by atoms with Crippen LogP contribution in [-0.4, -0.2) is 80.6 Å². The highest BCUT2D eigenvalue weighted by atomic mass is 16.6. The van der Waals surface area contributed by atoms with Gasteiger partial charge < -0.3 is 23.8 Å². The van der Waals surface area contributed by atoms with E-state index >= 15 is 0 Å². The van der Waals surface area contributed by atoms with E-state index in [1.54, 1.807) is 0 Å². The molecule has 0 aromatic rings. The molecule has 0 saturated heterocycles. The first-order valence-electron chi connectivity index (χ1n) is 27.6. The lowest BCUT2D eigenvalue weighted by molar-refractivity contribution is -0.887. The molecule has 2 unspecified atom stereocenters. The maximum Gasteiger partial charge on any atom is 0.362 e. The van der Waals surface area contributed by atoms with E-state index in [2.05, 4.69) is 98.9 Å². The van der Waals surface area contributed by atoms with Crippen LogP contribution in [0, 0.1) is 0 Å². The molecule has 0 aromatic heterocycles. The van der Waals surface area contributed by atoms with Gasteiger partial charge in [-0.15, -0.1) is 0 Å². The summed E-state index contributed by atoms with van der Waals surface area (Å²) in [5, 5.41) is 9.67. The summed E-state index contributed by atoms with van der Waals surface area (Å²) in [4.78, 5) is 37.3. The van der Waals surface area contributed by atoms with Crippen LogP contribution in [0.25, 0.3) is 0 Å². The van der Waals surface area contributed by atoms with Crippen LogP contribution in [-0.2, 0) is 28.6 Å². The van der Waals surface area contributed by atoms with E-state index in [0.29, 0.717) is 19.3 Å². The number of ether oxygens (including phenoxy) is 3. The molecule has 8 heteroatoms. The number of hydrogen-bond donors (Lipinski definition) is 1. The van der Waals surface area contributed by atoms with Crippen molar-refractivity contribution in [1.29, 1.82) is 0 Å². The predicted molar refractivity (Wildman–Crippen MR) is 289 cm³/mol. The summed E-state index contributed by atoms with van der Waals surface area (Å²) in [7, 11) is 5.53. The molecule has 0 aliphatic rings. The normalized spacial score (nSPS) is 13.5. The molecule has 68 heavy (non-hydrogen) atoms. The number of aliphatic carboxylic acids is 1. The number of unbranched alkanes of at least 4 members (excludes halogenated alkanes) is 21. The van der Waals surface area contributed by atoms with Gasteiger partial charge in [-0.3, -0.25) is 9.59 Å². The molecule has 0 amide bonds. The Kier molecular flexibility index (Phi) is 47.4. The number of esters is 2. The number of rotatable bonds is 49. The fraction of sp³-hybridized carbons (Fsp3) is 0.717. The van der Waals surface area contributed by atoms with Crippen molar-refractivity contribution >= 4 is 17.9 Å². The van der Waals surface area contributed by atoms with Crippen molar-refractivity contribution in [2.24, 2.45) is 0 Å². The van der Waals surface area contributed by atoms with Gasteiger partial charge in [0.1, 0.15) is 6.61 Å². The zero-order chi connectivity index (χ0) is 49.9. The second kappa shape index (κ2) is 49.9. The Hall–Kier alpha value is -3.49. The molecule has 0 saturated carbocycles. The maximum atomic E-state index is 12.8. The number of likely N-dealkylation sites (N-methyl/N-ethyl adjacent to an activating group) is 1. The standard InChI is InChI=1S/C60H103NO7/c1-6-8-10-12-14-16-18-20-22-24-26-28-29-31-32-34-36-38-40-42-44-46-48-50-58(62)67-55-56(54-66-53-52-57(60(64)65)61(3,4)5)68-59(63)51-49-47-45-43-41-39-37-35-33-30-27-25-23-21-19-17-15-13-11-9-7-2/h8-11,14-17,20,22,26,28,31-32,56-57H,6-7,12-13,18-19,21,23-25,27,29-30,33-55H2,1-5H3/p+1/b10-8+,11-9+,16-14+,17-15+,22-20+,28-26+,32-31+. The van der Waals surface area contributed by atoms with E-state index in [0.717, 1.165) is 89.9 Å². The van der Waals surface area contributed by atoms with Crippen LogP contribution in [0.2, 0.25) is 0 Å². The highest BCUT2D eigenvalue weighted by molar-refractivity contribution is 5.72. The molecule has 0 radical (unpaired) electrons. The van der Waals surface area contributed by atoms with E-state index < -0.39 is 18.1 Å². The number of carbonyl (C=O) groups is 3. The molecule has 0 fully saturated rings. The summed E-state index contributed by atoms with van der Waals surface area (Å²) in [6, 6.07) is -0.621. The average Bonchev–Trinajstić information content (AvgIpc) is 3.30. The van der Waals surface area contributed by atoms with Gasteiger partial charge in [-0.05, 0) is 83.5 Å². The Morgan fingerprint density at radius 2 is 0.779 bits per heavy atom. The van der Waals surface area contributed by atoms with Gasteiger partial charge in [-0.1, -0.05) is 208 Å². The van der Waals surface area contributed by atoms with Crippen molar-refractivity contribution in [3.05, 3.63) is 85.1 Å². The van der Waals surface area contributed by atoms with Gasteiger partial charge in [0.05, 0.1) is 34.4 Å². The molecular weight excluding hydrogens is 847 g/mol. The topological polar surface area (TPSA) is 99.1 Å². The molecule has 0 spiro atoms. The van der Waals surface area contributed by atoms with Crippen molar-refractivity contribution in [2.75, 3.05) is 41.0 Å². The lowest BCUT2D eigenvalue weighted by Crippen LogP contribution is -2.50. The molecule has 0 aliphatic heterocycles. The lowest BCUT2D eigenvalue weighted by Gasteiger charge is -2.31. The molecule has 2 atom stereocenters. The Bertz CT molecular complexity index is 1380. The fourth-order valence-electron chi connectivity index (χ4n) is 7.86. The van der Waals surface area contributed by atoms with E-state index in [1.165, 1.54) is 103 Å². The Balaban J connectivity index is 4.22. The zero-order valence-corrected chi connectivity index (χ0v) is 44.5. The number of carboxylic acid groups (broad SMARTS) is 1. The van der Waals surface area contributed by atoms with Gasteiger partial charge in [0.25, 0.3) is 0 Å². The summed E-state index contributed by atoms with van der Waals surface area (Å²) in [5.74, 6) is -1.48. The highest BCUT2D eigenvalue weighted by Gasteiger charge is 2.31. The number of allylic oxidation sites excluding steroid dienone is 14. The van der Waals surface area contributed by atoms with Crippen LogP contribution in [0.15, 0.2) is 85.1 Å². The molecule has 0 heterocycles. The lowest BCUT2D eigenvalue weighted by atomic mass is 10.0. The first-order chi connectivity index (χ1) is 33.1. The van der Waals surface area contributed by atoms with E-state index in [9.17, 15) is 19.5 Å². The van der Waals surface area contributed by atoms with Gasteiger partial charge >= 0.3 is 17.9 Å². The van der Waals surface area contributed by atoms with E-state index in [-0.39, 0.29) is 36.2 Å². The minimum Gasteiger partial charge on any atom is -0.477 e. The molecule has 390 valence electrons. The summed E-state index contributed by atoms with van der Waals surface area (Å²) in [6.07, 6.45) is 66.4. The number of carbonyl (C=O) groups excluding carboxylic acids is 2. The summed E-state index contributed by atoms with van der Waals surface area (Å²) in [5.41, 5.74) is 0. The fourth-order valence-corrected chi connectivity index (χ4v) is 7.86. The molecular formula is C60H104NO7+. The minimum absolute atomic E-state index is 0.0546. The van der Waals surface area contributed by atoms with Gasteiger partial charge in [0.2, 0.25) is 0 Å². The van der Waals surface area contributed by atoms with Gasteiger partial charge in [0.15, 0.2) is 12.1 Å². The quantitative estimate of drug-likeness (QED) is 0.0281. The van der Waals surface area contributed by atoms with Crippen LogP contribution < -0.4 is 0 Å². The molecule has 0 aromatic carbocycles. The first-order valence-corrected chi connectivity index (χ1v) is 27.6. The molecule has 0 rings (SSSR count). The average molecular weight is 951 g/mol. The van der Waals surface area contributed by atoms with E-state index in [4.69, 9.17) is 14.2 Å². The van der Waals surface area contributed by atoms with Crippen molar-refractivity contribution in [2.45, 2.75) is 238 Å². The zero-order valence-electron chi connectivity index (χ0n) is 44.5. The van der Waals surface area contributed by atoms with Gasteiger partial charge in [-0.2, -0.15) is 0 Å². The molecule has 1 N–H and O–H groups in total. The smallest absolute Gasteiger partial charge is 0.362 e. The third-order valence-electron chi connectivity index (χ3n) is 12.0. The van der Waals surface area contributed by atoms with Crippen LogP contribution in [0.1, 0.15) is 226 Å². The predicted octanol–water partition coefficient (Wildman–Crippen LogP) is 16.4. The highest BCUT2D eigenvalue weighted by Crippen LogP contribution is 2.16. The molecule has 0 bridgehead atoms. The largest absolute Gasteiger partial charge is 0.477 e. The first kappa shape index (κ1) is 64.5. The number of carboxylic acids is 1. The molecule has 0 aliphatic carbocycles. The van der Waals surface area contributed by atoms with Crippen molar-refractivity contribution in [3.8, 4) is 0 Å². The summed E-state index contributed by atoms with van der Waals surface area (Å²) < 4.78 is 17.4. The van der Waals surface area contributed by atoms with Gasteiger partial charge in [-0.25, -0.2) is 4.79 Å². The Morgan fingerprint density at radius 1 is 0.441 bits per heavy atom. The Morgan fingerprint density at radius 3 is 1.15 bits per heavy atom. The van der Waals surface area contributed by atoms with Crippen LogP contribution >= 0.6 is 0 Å². The van der Waals surface area contributed by atoms with Crippen LogP contribution in [0.5, 0.6) is 0 Å². The number of nitrogens with zero attached hydrogens (tertiary/aromatic N) is 1. The third-order valence-corrected chi connectivity index (χ3v) is 12.0. The molecule has 8 nitrogen and oxygen atoms in total. The van der Waals surface area contributed by atoms with Crippen molar-refractivity contribution in [1.82, 2.24) is 0 Å². The second-order valence-corrected chi connectivity index (χ2v) is 19.4. The third kappa shape index (κ3) is 47.6.